The number of benzene rings is 2. The highest BCUT2D eigenvalue weighted by Gasteiger charge is 2.22. The fourth-order valence-corrected chi connectivity index (χ4v) is 2.94. The molecular formula is C18H20N2O. The van der Waals surface area contributed by atoms with Crippen molar-refractivity contribution in [3.8, 4) is 0 Å². The van der Waals surface area contributed by atoms with Crippen molar-refractivity contribution < 1.29 is 4.79 Å². The first-order valence-electron chi connectivity index (χ1n) is 7.35. The van der Waals surface area contributed by atoms with Gasteiger partial charge in [0.1, 0.15) is 0 Å². The van der Waals surface area contributed by atoms with Crippen LogP contribution in [0.25, 0.3) is 0 Å². The first-order valence-corrected chi connectivity index (χ1v) is 7.35. The van der Waals surface area contributed by atoms with Crippen molar-refractivity contribution in [2.45, 2.75) is 25.8 Å². The van der Waals surface area contributed by atoms with E-state index in [-0.39, 0.29) is 5.91 Å². The third-order valence-electron chi connectivity index (χ3n) is 4.09. The van der Waals surface area contributed by atoms with E-state index in [0.717, 1.165) is 18.5 Å². The van der Waals surface area contributed by atoms with Crippen LogP contribution in [0.1, 0.15) is 39.5 Å². The highest BCUT2D eigenvalue weighted by Crippen LogP contribution is 2.34. The van der Waals surface area contributed by atoms with Crippen LogP contribution in [0.15, 0.2) is 42.5 Å². The fourth-order valence-electron chi connectivity index (χ4n) is 2.94. The molecule has 0 aromatic heterocycles. The zero-order chi connectivity index (χ0) is 14.8. The number of aryl methyl sites for hydroxylation is 2. The third kappa shape index (κ3) is 2.77. The number of hydrogen-bond acceptors (Lipinski definition) is 2. The molecule has 108 valence electrons. The van der Waals surface area contributed by atoms with E-state index in [1.165, 1.54) is 16.7 Å². The number of nitrogens with one attached hydrogen (secondary N) is 2. The fraction of sp³-hybridized carbons (Fsp3) is 0.278. The molecule has 0 spiro atoms. The quantitative estimate of drug-likeness (QED) is 0.904. The van der Waals surface area contributed by atoms with Gasteiger partial charge in [-0.25, -0.2) is 0 Å². The van der Waals surface area contributed by atoms with Crippen LogP contribution in [-0.2, 0) is 6.42 Å². The summed E-state index contributed by atoms with van der Waals surface area (Å²) in [7, 11) is 1.65. The Bertz CT molecular complexity index is 661. The molecule has 3 heteroatoms. The van der Waals surface area contributed by atoms with Gasteiger partial charge in [-0.15, -0.1) is 0 Å². The predicted octanol–water partition coefficient (Wildman–Crippen LogP) is 3.45. The maximum atomic E-state index is 11.5. The van der Waals surface area contributed by atoms with Crippen LogP contribution in [0, 0.1) is 6.92 Å². The number of fused-ring (bicyclic) bond motifs is 1. The van der Waals surface area contributed by atoms with E-state index in [4.69, 9.17) is 0 Å². The summed E-state index contributed by atoms with van der Waals surface area (Å²) >= 11 is 0. The highest BCUT2D eigenvalue weighted by molar-refractivity contribution is 5.94. The zero-order valence-corrected chi connectivity index (χ0v) is 12.4. The molecular weight excluding hydrogens is 260 g/mol. The average Bonchev–Trinajstić information content (AvgIpc) is 2.89. The molecule has 0 saturated carbocycles. The smallest absolute Gasteiger partial charge is 0.251 e. The Kier molecular flexibility index (Phi) is 3.65. The maximum absolute atomic E-state index is 11.5. The summed E-state index contributed by atoms with van der Waals surface area (Å²) in [6, 6.07) is 14.7. The van der Waals surface area contributed by atoms with Gasteiger partial charge >= 0.3 is 0 Å². The molecule has 2 aromatic rings. The molecule has 1 amide bonds. The molecule has 0 aliphatic heterocycles. The first kappa shape index (κ1) is 13.7. The summed E-state index contributed by atoms with van der Waals surface area (Å²) in [5, 5.41) is 6.21. The number of anilines is 1. The van der Waals surface area contributed by atoms with E-state index >= 15 is 0 Å². The molecule has 21 heavy (non-hydrogen) atoms. The average molecular weight is 280 g/mol. The Balaban J connectivity index is 1.77. The van der Waals surface area contributed by atoms with Gasteiger partial charge < -0.3 is 10.6 Å². The van der Waals surface area contributed by atoms with Gasteiger partial charge in [-0.05, 0) is 55.2 Å². The summed E-state index contributed by atoms with van der Waals surface area (Å²) in [5.74, 6) is -0.0524. The van der Waals surface area contributed by atoms with Crippen LogP contribution >= 0.6 is 0 Å². The topological polar surface area (TPSA) is 41.1 Å². The van der Waals surface area contributed by atoms with Crippen LogP contribution in [0.4, 0.5) is 5.69 Å². The molecule has 2 N–H and O–H groups in total. The number of amides is 1. The standard InChI is InChI=1S/C18H20N2O/c1-12-3-4-13-7-10-17(16(13)11-12)20-15-8-5-14(6-9-15)18(21)19-2/h3-6,8-9,11,17,20H,7,10H2,1-2H3,(H,19,21). The van der Waals surface area contributed by atoms with Gasteiger partial charge in [-0.1, -0.05) is 23.8 Å². The minimum absolute atomic E-state index is 0.0524. The second kappa shape index (κ2) is 5.60. The molecule has 0 saturated heterocycles. The minimum atomic E-state index is -0.0524. The van der Waals surface area contributed by atoms with E-state index < -0.39 is 0 Å². The van der Waals surface area contributed by atoms with Crippen molar-refractivity contribution in [1.29, 1.82) is 0 Å². The third-order valence-corrected chi connectivity index (χ3v) is 4.09. The lowest BCUT2D eigenvalue weighted by Crippen LogP contribution is -2.17. The molecule has 3 rings (SSSR count). The van der Waals surface area contributed by atoms with E-state index in [1.807, 2.05) is 24.3 Å². The van der Waals surface area contributed by atoms with Gasteiger partial charge in [0.15, 0.2) is 0 Å². The molecule has 2 aromatic carbocycles. The van der Waals surface area contributed by atoms with E-state index in [2.05, 4.69) is 35.8 Å². The van der Waals surface area contributed by atoms with Gasteiger partial charge in [-0.2, -0.15) is 0 Å². The molecule has 0 fully saturated rings. The lowest BCUT2D eigenvalue weighted by Gasteiger charge is -2.16. The normalized spacial score (nSPS) is 16.4. The van der Waals surface area contributed by atoms with Crippen LogP contribution in [-0.4, -0.2) is 13.0 Å². The molecule has 0 heterocycles. The molecule has 1 atom stereocenters. The zero-order valence-electron chi connectivity index (χ0n) is 12.4. The van der Waals surface area contributed by atoms with Crippen molar-refractivity contribution in [2.75, 3.05) is 12.4 Å². The minimum Gasteiger partial charge on any atom is -0.378 e. The molecule has 0 bridgehead atoms. The van der Waals surface area contributed by atoms with Crippen molar-refractivity contribution >= 4 is 11.6 Å². The highest BCUT2D eigenvalue weighted by atomic mass is 16.1. The van der Waals surface area contributed by atoms with Crippen LogP contribution < -0.4 is 10.6 Å². The van der Waals surface area contributed by atoms with Gasteiger partial charge in [0.25, 0.3) is 5.91 Å². The van der Waals surface area contributed by atoms with Crippen LogP contribution in [0.3, 0.4) is 0 Å². The molecule has 1 aliphatic carbocycles. The van der Waals surface area contributed by atoms with Crippen molar-refractivity contribution in [3.05, 3.63) is 64.7 Å². The van der Waals surface area contributed by atoms with Crippen molar-refractivity contribution in [1.82, 2.24) is 5.32 Å². The van der Waals surface area contributed by atoms with Crippen molar-refractivity contribution in [3.63, 3.8) is 0 Å². The Morgan fingerprint density at radius 3 is 2.62 bits per heavy atom. The predicted molar refractivity (Wildman–Crippen MR) is 85.7 cm³/mol. The Morgan fingerprint density at radius 2 is 1.90 bits per heavy atom. The Morgan fingerprint density at radius 1 is 1.14 bits per heavy atom. The van der Waals surface area contributed by atoms with E-state index in [9.17, 15) is 4.79 Å². The SMILES string of the molecule is CNC(=O)c1ccc(NC2CCc3ccc(C)cc32)cc1. The van der Waals surface area contributed by atoms with Crippen molar-refractivity contribution in [2.24, 2.45) is 0 Å². The second-order valence-electron chi connectivity index (χ2n) is 5.59. The monoisotopic (exact) mass is 280 g/mol. The van der Waals surface area contributed by atoms with Crippen LogP contribution in [0.5, 0.6) is 0 Å². The Hall–Kier alpha value is -2.29. The molecule has 1 aliphatic rings. The molecule has 1 unspecified atom stereocenters. The number of hydrogen-bond donors (Lipinski definition) is 2. The number of carbonyl (C=O) groups is 1. The first-order chi connectivity index (χ1) is 10.2. The summed E-state index contributed by atoms with van der Waals surface area (Å²) in [6.45, 7) is 2.13. The Labute approximate surface area is 125 Å². The van der Waals surface area contributed by atoms with Crippen LogP contribution in [0.2, 0.25) is 0 Å². The lowest BCUT2D eigenvalue weighted by atomic mass is 10.0. The van der Waals surface area contributed by atoms with Gasteiger partial charge in [0.2, 0.25) is 0 Å². The maximum Gasteiger partial charge on any atom is 0.251 e. The number of rotatable bonds is 3. The second-order valence-corrected chi connectivity index (χ2v) is 5.59. The molecule has 3 nitrogen and oxygen atoms in total. The summed E-state index contributed by atoms with van der Waals surface area (Å²) in [4.78, 5) is 11.5. The largest absolute Gasteiger partial charge is 0.378 e. The summed E-state index contributed by atoms with van der Waals surface area (Å²) in [6.07, 6.45) is 2.25. The molecule has 0 radical (unpaired) electrons. The van der Waals surface area contributed by atoms with Gasteiger partial charge in [0.05, 0.1) is 6.04 Å². The van der Waals surface area contributed by atoms with Gasteiger partial charge in [0, 0.05) is 18.3 Å². The number of carbonyl (C=O) groups excluding carboxylic acids is 1. The van der Waals surface area contributed by atoms with E-state index in [0.29, 0.717) is 11.6 Å². The summed E-state index contributed by atoms with van der Waals surface area (Å²) < 4.78 is 0. The van der Waals surface area contributed by atoms with E-state index in [1.54, 1.807) is 7.05 Å². The lowest BCUT2D eigenvalue weighted by molar-refractivity contribution is 0.0963. The summed E-state index contributed by atoms with van der Waals surface area (Å²) in [5.41, 5.74) is 5.90. The van der Waals surface area contributed by atoms with Gasteiger partial charge in [-0.3, -0.25) is 4.79 Å².